The number of nitrogen functional groups attached to an aromatic ring is 1. The maximum Gasteiger partial charge on any atom is 0.267 e. The number of hydrogen-bond acceptors (Lipinski definition) is 6. The molecule has 0 aliphatic heterocycles. The van der Waals surface area contributed by atoms with E-state index in [1.165, 1.54) is 28.4 Å². The largest absolute Gasteiger partial charge is 0.374 e. The Morgan fingerprint density at radius 3 is 3.00 bits per heavy atom. The van der Waals surface area contributed by atoms with Gasteiger partial charge < -0.3 is 5.73 Å². The lowest BCUT2D eigenvalue weighted by molar-refractivity contribution is 0.718. The summed E-state index contributed by atoms with van der Waals surface area (Å²) in [6.45, 7) is 0.359. The highest BCUT2D eigenvalue weighted by molar-refractivity contribution is 14.1. The molecule has 0 aromatic carbocycles. The van der Waals surface area contributed by atoms with Crippen molar-refractivity contribution in [2.75, 3.05) is 5.73 Å². The lowest BCUT2D eigenvalue weighted by Gasteiger charge is -2.00. The van der Waals surface area contributed by atoms with Crippen LogP contribution in [0.5, 0.6) is 0 Å². The fourth-order valence-electron chi connectivity index (χ4n) is 1.01. The van der Waals surface area contributed by atoms with Crippen LogP contribution < -0.4 is 11.3 Å². The Labute approximate surface area is 102 Å². The predicted molar refractivity (Wildman–Crippen MR) is 64.6 cm³/mol. The van der Waals surface area contributed by atoms with Gasteiger partial charge in [-0.05, 0) is 22.6 Å². The number of nitrogens with two attached hydrogens (primary N) is 1. The van der Waals surface area contributed by atoms with Crippen LogP contribution in [0.25, 0.3) is 0 Å². The Bertz CT molecular complexity index is 536. The summed E-state index contributed by atoms with van der Waals surface area (Å²) in [6, 6.07) is 0. The molecule has 0 saturated carbocycles. The van der Waals surface area contributed by atoms with Gasteiger partial charge in [0.2, 0.25) is 5.13 Å². The highest BCUT2D eigenvalue weighted by Crippen LogP contribution is 2.11. The molecule has 2 N–H and O–H groups in total. The van der Waals surface area contributed by atoms with Gasteiger partial charge in [0.05, 0.1) is 16.4 Å². The Hall–Kier alpha value is -1.03. The monoisotopic (exact) mass is 335 g/mol. The predicted octanol–water partition coefficient (Wildman–Crippen LogP) is 0.330. The van der Waals surface area contributed by atoms with Gasteiger partial charge >= 0.3 is 0 Å². The molecule has 0 spiro atoms. The van der Waals surface area contributed by atoms with E-state index in [9.17, 15) is 4.79 Å². The molecule has 8 heteroatoms. The summed E-state index contributed by atoms with van der Waals surface area (Å²) < 4.78 is 2.05. The van der Waals surface area contributed by atoms with Gasteiger partial charge in [-0.1, -0.05) is 11.3 Å². The maximum absolute atomic E-state index is 11.6. The average molecular weight is 335 g/mol. The number of anilines is 1. The first-order valence-electron chi connectivity index (χ1n) is 3.94. The molecule has 2 aromatic heterocycles. The standard InChI is InChI=1S/C7H6IN5OS/c8-4-1-10-3-13(6(4)14)2-5-11-12-7(9)15-5/h1,3H,2H2,(H2,9,12). The summed E-state index contributed by atoms with van der Waals surface area (Å²) in [5, 5.41) is 8.60. The molecule has 0 aliphatic rings. The number of hydrogen-bond donors (Lipinski definition) is 1. The highest BCUT2D eigenvalue weighted by Gasteiger charge is 2.05. The summed E-state index contributed by atoms with van der Waals surface area (Å²) in [7, 11) is 0. The number of aromatic nitrogens is 4. The first kappa shape index (κ1) is 10.5. The fourth-order valence-corrected chi connectivity index (χ4v) is 2.09. The van der Waals surface area contributed by atoms with Gasteiger partial charge in [-0.25, -0.2) is 4.98 Å². The van der Waals surface area contributed by atoms with Crippen LogP contribution in [0.1, 0.15) is 5.01 Å². The maximum atomic E-state index is 11.6. The van der Waals surface area contributed by atoms with Crippen LogP contribution in [0.4, 0.5) is 5.13 Å². The van der Waals surface area contributed by atoms with E-state index in [0.717, 1.165) is 0 Å². The zero-order chi connectivity index (χ0) is 10.8. The summed E-state index contributed by atoms with van der Waals surface area (Å²) in [6.07, 6.45) is 3.00. The van der Waals surface area contributed by atoms with E-state index in [-0.39, 0.29) is 5.56 Å². The molecule has 78 valence electrons. The topological polar surface area (TPSA) is 86.7 Å². The van der Waals surface area contributed by atoms with E-state index in [4.69, 9.17) is 5.73 Å². The third kappa shape index (κ3) is 2.31. The van der Waals surface area contributed by atoms with Crippen molar-refractivity contribution < 1.29 is 0 Å². The van der Waals surface area contributed by atoms with E-state index in [2.05, 4.69) is 15.2 Å². The van der Waals surface area contributed by atoms with E-state index in [0.29, 0.717) is 20.3 Å². The van der Waals surface area contributed by atoms with E-state index < -0.39 is 0 Å². The number of nitrogens with zero attached hydrogens (tertiary/aromatic N) is 4. The lowest BCUT2D eigenvalue weighted by Crippen LogP contribution is -2.22. The molecule has 2 heterocycles. The summed E-state index contributed by atoms with van der Waals surface area (Å²) in [4.78, 5) is 15.5. The van der Waals surface area contributed by atoms with Crippen molar-refractivity contribution in [1.29, 1.82) is 0 Å². The average Bonchev–Trinajstić information content (AvgIpc) is 2.59. The zero-order valence-corrected chi connectivity index (χ0v) is 10.4. The molecule has 0 aliphatic carbocycles. The van der Waals surface area contributed by atoms with Crippen molar-refractivity contribution in [2.45, 2.75) is 6.54 Å². The minimum absolute atomic E-state index is 0.0839. The molecular formula is C7H6IN5OS. The number of halogens is 1. The van der Waals surface area contributed by atoms with E-state index in [1.807, 2.05) is 22.6 Å². The second kappa shape index (κ2) is 4.23. The van der Waals surface area contributed by atoms with Gasteiger partial charge in [-0.3, -0.25) is 9.36 Å². The Morgan fingerprint density at radius 1 is 1.53 bits per heavy atom. The molecule has 6 nitrogen and oxygen atoms in total. The molecule has 0 bridgehead atoms. The van der Waals surface area contributed by atoms with Crippen molar-refractivity contribution in [3.05, 3.63) is 31.5 Å². The third-order valence-corrected chi connectivity index (χ3v) is 3.12. The summed E-state index contributed by atoms with van der Waals surface area (Å²) in [5.74, 6) is 0. The molecule has 0 unspecified atom stereocenters. The van der Waals surface area contributed by atoms with Crippen LogP contribution in [0.3, 0.4) is 0 Å². The van der Waals surface area contributed by atoms with Crippen LogP contribution in [-0.2, 0) is 6.54 Å². The zero-order valence-electron chi connectivity index (χ0n) is 7.42. The van der Waals surface area contributed by atoms with Crippen LogP contribution >= 0.6 is 33.9 Å². The normalized spacial score (nSPS) is 10.5. The molecule has 0 radical (unpaired) electrons. The van der Waals surface area contributed by atoms with Gasteiger partial charge in [-0.2, -0.15) is 0 Å². The minimum atomic E-state index is -0.0839. The van der Waals surface area contributed by atoms with Gasteiger partial charge in [-0.15, -0.1) is 10.2 Å². The summed E-state index contributed by atoms with van der Waals surface area (Å²) >= 11 is 3.21. The van der Waals surface area contributed by atoms with E-state index in [1.54, 1.807) is 0 Å². The van der Waals surface area contributed by atoms with Crippen LogP contribution in [-0.4, -0.2) is 19.7 Å². The molecule has 0 amide bonds. The third-order valence-electron chi connectivity index (χ3n) is 1.65. The lowest BCUT2D eigenvalue weighted by atomic mass is 10.6. The SMILES string of the molecule is Nc1nnc(Cn2cncc(I)c2=O)s1. The Balaban J connectivity index is 2.32. The van der Waals surface area contributed by atoms with Gasteiger partial charge in [0.1, 0.15) is 5.01 Å². The van der Waals surface area contributed by atoms with Crippen molar-refractivity contribution in [3.8, 4) is 0 Å². The molecule has 0 saturated heterocycles. The molecule has 2 aromatic rings. The van der Waals surface area contributed by atoms with Crippen LogP contribution in [0.15, 0.2) is 17.3 Å². The van der Waals surface area contributed by atoms with Crippen molar-refractivity contribution in [2.24, 2.45) is 0 Å². The Kier molecular flexibility index (Phi) is 2.95. The Morgan fingerprint density at radius 2 is 2.33 bits per heavy atom. The van der Waals surface area contributed by atoms with Crippen molar-refractivity contribution >= 4 is 39.1 Å². The smallest absolute Gasteiger partial charge is 0.267 e. The van der Waals surface area contributed by atoms with Gasteiger partial charge in [0, 0.05) is 6.20 Å². The van der Waals surface area contributed by atoms with Crippen molar-refractivity contribution in [1.82, 2.24) is 19.7 Å². The van der Waals surface area contributed by atoms with Gasteiger partial charge in [0.25, 0.3) is 5.56 Å². The molecule has 0 fully saturated rings. The van der Waals surface area contributed by atoms with Crippen LogP contribution in [0, 0.1) is 3.57 Å². The van der Waals surface area contributed by atoms with Crippen molar-refractivity contribution in [3.63, 3.8) is 0 Å². The van der Waals surface area contributed by atoms with Gasteiger partial charge in [0.15, 0.2) is 0 Å². The first-order valence-corrected chi connectivity index (χ1v) is 5.84. The second-order valence-corrected chi connectivity index (χ2v) is 4.96. The molecule has 0 atom stereocenters. The minimum Gasteiger partial charge on any atom is -0.374 e. The van der Waals surface area contributed by atoms with Crippen LogP contribution in [0.2, 0.25) is 0 Å². The molecule has 15 heavy (non-hydrogen) atoms. The molecular weight excluding hydrogens is 329 g/mol. The quantitative estimate of drug-likeness (QED) is 0.800. The first-order chi connectivity index (χ1) is 7.16. The second-order valence-electron chi connectivity index (χ2n) is 2.71. The van der Waals surface area contributed by atoms with E-state index >= 15 is 0 Å². The molecule has 2 rings (SSSR count). The number of rotatable bonds is 2. The summed E-state index contributed by atoms with van der Waals surface area (Å²) in [5.41, 5.74) is 5.36. The fraction of sp³-hybridized carbons (Fsp3) is 0.143. The highest BCUT2D eigenvalue weighted by atomic mass is 127.